The van der Waals surface area contributed by atoms with Crippen molar-refractivity contribution in [3.63, 3.8) is 0 Å². The van der Waals surface area contributed by atoms with Crippen LogP contribution >= 0.6 is 0 Å². The van der Waals surface area contributed by atoms with E-state index in [9.17, 15) is 4.79 Å². The molecule has 0 heterocycles. The summed E-state index contributed by atoms with van der Waals surface area (Å²) in [6.45, 7) is 15.0. The van der Waals surface area contributed by atoms with E-state index in [0.29, 0.717) is 6.10 Å². The number of ether oxygens (including phenoxy) is 2. The Labute approximate surface area is 123 Å². The third-order valence-electron chi connectivity index (χ3n) is 2.10. The lowest BCUT2D eigenvalue weighted by Crippen LogP contribution is -2.13. The summed E-state index contributed by atoms with van der Waals surface area (Å²) in [6.07, 6.45) is 9.14. The summed E-state index contributed by atoms with van der Waals surface area (Å²) in [5, 5.41) is 0. The number of hydrogen-bond donors (Lipinski definition) is 0. The molecule has 0 amide bonds. The van der Waals surface area contributed by atoms with Crippen molar-refractivity contribution >= 4 is 5.97 Å². The number of allylic oxidation sites excluding steroid dienone is 4. The van der Waals surface area contributed by atoms with Crippen LogP contribution in [0.15, 0.2) is 49.1 Å². The van der Waals surface area contributed by atoms with Crippen LogP contribution in [0.1, 0.15) is 27.7 Å². The Balaban J connectivity index is 0. The van der Waals surface area contributed by atoms with Crippen molar-refractivity contribution in [1.82, 2.24) is 0 Å². The van der Waals surface area contributed by atoms with Gasteiger partial charge in [-0.25, -0.2) is 0 Å². The standard InChI is InChI=1S/C13H18O2.C4H10O/c1-5-7-9-12(8-6-2)10-15-13(14)11(3)4;1-4(2)5-3/h5-9,11H,1-2,10H2,3-4H3;4H,1-3H3/b9-7-,12-8+;. The Hall–Kier alpha value is -1.61. The molecule has 0 aromatic carbocycles. The highest BCUT2D eigenvalue weighted by molar-refractivity contribution is 5.71. The summed E-state index contributed by atoms with van der Waals surface area (Å²) in [5.74, 6) is -0.296. The highest BCUT2D eigenvalue weighted by Gasteiger charge is 2.07. The van der Waals surface area contributed by atoms with Gasteiger partial charge < -0.3 is 9.47 Å². The first-order valence-corrected chi connectivity index (χ1v) is 6.69. The minimum atomic E-state index is -0.197. The van der Waals surface area contributed by atoms with Crippen molar-refractivity contribution in [2.24, 2.45) is 5.92 Å². The number of esters is 1. The Morgan fingerprint density at radius 2 is 1.70 bits per heavy atom. The Morgan fingerprint density at radius 1 is 1.15 bits per heavy atom. The molecule has 114 valence electrons. The lowest BCUT2D eigenvalue weighted by Gasteiger charge is -2.07. The zero-order valence-corrected chi connectivity index (χ0v) is 13.4. The molecule has 0 aliphatic rings. The van der Waals surface area contributed by atoms with Gasteiger partial charge in [-0.05, 0) is 19.4 Å². The van der Waals surface area contributed by atoms with Crippen LogP contribution in [-0.2, 0) is 14.3 Å². The third kappa shape index (κ3) is 14.5. The summed E-state index contributed by atoms with van der Waals surface area (Å²) < 4.78 is 9.82. The third-order valence-corrected chi connectivity index (χ3v) is 2.10. The normalized spacial score (nSPS) is 11.2. The van der Waals surface area contributed by atoms with E-state index in [-0.39, 0.29) is 18.5 Å². The largest absolute Gasteiger partial charge is 0.461 e. The van der Waals surface area contributed by atoms with Crippen LogP contribution in [0, 0.1) is 5.92 Å². The molecule has 0 radical (unpaired) electrons. The lowest BCUT2D eigenvalue weighted by molar-refractivity contribution is -0.146. The molecule has 0 bridgehead atoms. The second-order valence-corrected chi connectivity index (χ2v) is 4.62. The SMILES string of the molecule is C=C/C=C\C(=C/C=C)COC(=O)C(C)C.COC(C)C. The highest BCUT2D eigenvalue weighted by atomic mass is 16.5. The van der Waals surface area contributed by atoms with E-state index < -0.39 is 0 Å². The molecule has 0 fully saturated rings. The molecule has 0 saturated carbocycles. The molecule has 0 unspecified atom stereocenters. The van der Waals surface area contributed by atoms with Crippen LogP contribution in [0.2, 0.25) is 0 Å². The summed E-state index contributed by atoms with van der Waals surface area (Å²) in [6, 6.07) is 0. The number of methoxy groups -OCH3 is 1. The van der Waals surface area contributed by atoms with Crippen molar-refractivity contribution in [2.75, 3.05) is 13.7 Å². The van der Waals surface area contributed by atoms with E-state index >= 15 is 0 Å². The van der Waals surface area contributed by atoms with Crippen LogP contribution in [0.25, 0.3) is 0 Å². The van der Waals surface area contributed by atoms with Gasteiger partial charge in [-0.3, -0.25) is 4.79 Å². The second-order valence-electron chi connectivity index (χ2n) is 4.62. The topological polar surface area (TPSA) is 35.5 Å². The molecule has 0 aromatic rings. The van der Waals surface area contributed by atoms with Gasteiger partial charge in [-0.2, -0.15) is 0 Å². The molecule has 3 heteroatoms. The van der Waals surface area contributed by atoms with Gasteiger partial charge in [0.25, 0.3) is 0 Å². The predicted molar refractivity (Wildman–Crippen MR) is 85.6 cm³/mol. The molecule has 0 aliphatic heterocycles. The van der Waals surface area contributed by atoms with Crippen molar-refractivity contribution in [1.29, 1.82) is 0 Å². The first-order chi connectivity index (χ1) is 9.38. The zero-order valence-electron chi connectivity index (χ0n) is 13.4. The molecule has 20 heavy (non-hydrogen) atoms. The number of carbonyl (C=O) groups is 1. The van der Waals surface area contributed by atoms with Crippen molar-refractivity contribution in [3.05, 3.63) is 49.1 Å². The van der Waals surface area contributed by atoms with E-state index in [4.69, 9.17) is 9.47 Å². The van der Waals surface area contributed by atoms with Crippen molar-refractivity contribution in [3.8, 4) is 0 Å². The summed E-state index contributed by atoms with van der Waals surface area (Å²) in [5.41, 5.74) is 0.888. The fourth-order valence-electron chi connectivity index (χ4n) is 0.816. The van der Waals surface area contributed by atoms with Gasteiger partial charge in [0.2, 0.25) is 0 Å². The smallest absolute Gasteiger partial charge is 0.308 e. The highest BCUT2D eigenvalue weighted by Crippen LogP contribution is 2.02. The average molecular weight is 280 g/mol. The van der Waals surface area contributed by atoms with Crippen LogP contribution < -0.4 is 0 Å². The zero-order chi connectivity index (χ0) is 16.0. The van der Waals surface area contributed by atoms with Gasteiger partial charge in [-0.15, -0.1) is 0 Å². The first-order valence-electron chi connectivity index (χ1n) is 6.69. The van der Waals surface area contributed by atoms with Crippen LogP contribution in [0.5, 0.6) is 0 Å². The van der Waals surface area contributed by atoms with E-state index in [1.54, 1.807) is 45.3 Å². The van der Waals surface area contributed by atoms with E-state index in [2.05, 4.69) is 13.2 Å². The van der Waals surface area contributed by atoms with Crippen LogP contribution in [0.4, 0.5) is 0 Å². The minimum absolute atomic E-state index is 0.0987. The molecule has 0 N–H and O–H groups in total. The lowest BCUT2D eigenvalue weighted by atomic mass is 10.2. The predicted octanol–water partition coefficient (Wildman–Crippen LogP) is 4.08. The maximum atomic E-state index is 11.2. The van der Waals surface area contributed by atoms with E-state index in [0.717, 1.165) is 5.57 Å². The molecule has 0 aromatic heterocycles. The molecule has 3 nitrogen and oxygen atoms in total. The molecular weight excluding hydrogens is 252 g/mol. The minimum Gasteiger partial charge on any atom is -0.461 e. The summed E-state index contributed by atoms with van der Waals surface area (Å²) >= 11 is 0. The molecule has 0 rings (SSSR count). The monoisotopic (exact) mass is 280 g/mol. The Morgan fingerprint density at radius 3 is 2.05 bits per heavy atom. The van der Waals surface area contributed by atoms with Crippen molar-refractivity contribution in [2.45, 2.75) is 33.8 Å². The fraction of sp³-hybridized carbons (Fsp3) is 0.471. The number of hydrogen-bond acceptors (Lipinski definition) is 3. The molecule has 0 spiro atoms. The number of carbonyl (C=O) groups excluding carboxylic acids is 1. The molecule has 0 aliphatic carbocycles. The quantitative estimate of drug-likeness (QED) is 0.520. The summed E-state index contributed by atoms with van der Waals surface area (Å²) in [7, 11) is 1.70. The Bertz CT molecular complexity index is 336. The van der Waals surface area contributed by atoms with Crippen molar-refractivity contribution < 1.29 is 14.3 Å². The van der Waals surface area contributed by atoms with Gasteiger partial charge in [0.05, 0.1) is 12.0 Å². The van der Waals surface area contributed by atoms with Gasteiger partial charge >= 0.3 is 5.97 Å². The maximum absolute atomic E-state index is 11.2. The molecule has 0 atom stereocenters. The second kappa shape index (κ2) is 13.8. The average Bonchev–Trinajstić information content (AvgIpc) is 2.41. The number of rotatable bonds is 7. The van der Waals surface area contributed by atoms with Crippen LogP contribution in [0.3, 0.4) is 0 Å². The van der Waals surface area contributed by atoms with Gasteiger partial charge in [0.15, 0.2) is 0 Å². The molecular formula is C17H28O3. The summed E-state index contributed by atoms with van der Waals surface area (Å²) in [4.78, 5) is 11.2. The van der Waals surface area contributed by atoms with E-state index in [1.807, 2.05) is 19.9 Å². The van der Waals surface area contributed by atoms with Gasteiger partial charge in [-0.1, -0.05) is 57.4 Å². The van der Waals surface area contributed by atoms with Crippen LogP contribution in [-0.4, -0.2) is 25.8 Å². The Kier molecular flexibility index (Phi) is 14.3. The van der Waals surface area contributed by atoms with E-state index in [1.165, 1.54) is 0 Å². The fourth-order valence-corrected chi connectivity index (χ4v) is 0.816. The van der Waals surface area contributed by atoms with Gasteiger partial charge in [0.1, 0.15) is 6.61 Å². The van der Waals surface area contributed by atoms with Gasteiger partial charge in [0, 0.05) is 7.11 Å². The molecule has 0 saturated heterocycles. The maximum Gasteiger partial charge on any atom is 0.308 e. The first kappa shape index (κ1) is 20.7.